The highest BCUT2D eigenvalue weighted by Crippen LogP contribution is 2.36. The lowest BCUT2D eigenvalue weighted by Gasteiger charge is -2.45. The third-order valence-electron chi connectivity index (χ3n) is 5.34. The summed E-state index contributed by atoms with van der Waals surface area (Å²) < 4.78 is 0. The molecule has 0 heterocycles. The molecule has 2 saturated carbocycles. The highest BCUT2D eigenvalue weighted by molar-refractivity contribution is 4.94. The van der Waals surface area contributed by atoms with Crippen molar-refractivity contribution in [3.8, 4) is 0 Å². The van der Waals surface area contributed by atoms with Gasteiger partial charge in [-0.05, 0) is 64.3 Å². The molecule has 2 nitrogen and oxygen atoms in total. The normalized spacial score (nSPS) is 31.2. The molecule has 0 bridgehead atoms. The number of rotatable bonds is 8. The molecule has 3 atom stereocenters. The van der Waals surface area contributed by atoms with E-state index in [0.29, 0.717) is 6.04 Å². The largest absolute Gasteiger partial charge is 0.313 e. The van der Waals surface area contributed by atoms with E-state index in [9.17, 15) is 0 Å². The van der Waals surface area contributed by atoms with E-state index in [-0.39, 0.29) is 0 Å². The van der Waals surface area contributed by atoms with Gasteiger partial charge in [0.1, 0.15) is 0 Å². The minimum absolute atomic E-state index is 0.696. The summed E-state index contributed by atoms with van der Waals surface area (Å²) in [6.07, 6.45) is 9.99. The minimum atomic E-state index is 0.696. The monoisotopic (exact) mass is 280 g/mol. The van der Waals surface area contributed by atoms with Crippen LogP contribution in [0.1, 0.15) is 72.6 Å². The van der Waals surface area contributed by atoms with Crippen LogP contribution in [0, 0.1) is 11.8 Å². The van der Waals surface area contributed by atoms with Crippen molar-refractivity contribution in [2.75, 3.05) is 13.1 Å². The first-order chi connectivity index (χ1) is 9.65. The van der Waals surface area contributed by atoms with Gasteiger partial charge in [0.15, 0.2) is 0 Å². The van der Waals surface area contributed by atoms with E-state index in [4.69, 9.17) is 0 Å². The zero-order chi connectivity index (χ0) is 14.5. The van der Waals surface area contributed by atoms with Gasteiger partial charge in [-0.2, -0.15) is 0 Å². The van der Waals surface area contributed by atoms with Crippen molar-refractivity contribution < 1.29 is 0 Å². The molecule has 0 radical (unpaired) electrons. The summed E-state index contributed by atoms with van der Waals surface area (Å²) >= 11 is 0. The summed E-state index contributed by atoms with van der Waals surface area (Å²) in [6, 6.07) is 2.21. The molecule has 2 aliphatic carbocycles. The van der Waals surface area contributed by atoms with Gasteiger partial charge in [-0.15, -0.1) is 0 Å². The second kappa shape index (κ2) is 7.79. The van der Waals surface area contributed by atoms with Gasteiger partial charge in [0.05, 0.1) is 0 Å². The summed E-state index contributed by atoms with van der Waals surface area (Å²) in [5, 5.41) is 3.78. The molecule has 2 fully saturated rings. The van der Waals surface area contributed by atoms with E-state index in [0.717, 1.165) is 30.5 Å². The van der Waals surface area contributed by atoms with Crippen LogP contribution >= 0.6 is 0 Å². The average molecular weight is 281 g/mol. The fourth-order valence-electron chi connectivity index (χ4n) is 4.10. The summed E-state index contributed by atoms with van der Waals surface area (Å²) in [5.74, 6) is 1.98. The molecule has 2 aliphatic rings. The van der Waals surface area contributed by atoms with Crippen molar-refractivity contribution in [1.29, 1.82) is 0 Å². The zero-order valence-electron chi connectivity index (χ0n) is 14.2. The topological polar surface area (TPSA) is 15.3 Å². The molecule has 20 heavy (non-hydrogen) atoms. The third-order valence-corrected chi connectivity index (χ3v) is 5.34. The Morgan fingerprint density at radius 3 is 2.30 bits per heavy atom. The van der Waals surface area contributed by atoms with Gasteiger partial charge in [0.25, 0.3) is 0 Å². The zero-order valence-corrected chi connectivity index (χ0v) is 14.2. The molecule has 118 valence electrons. The van der Waals surface area contributed by atoms with E-state index in [1.165, 1.54) is 51.5 Å². The Hall–Kier alpha value is -0.0800. The van der Waals surface area contributed by atoms with Gasteiger partial charge in [-0.25, -0.2) is 0 Å². The smallest absolute Gasteiger partial charge is 0.0254 e. The molecule has 0 amide bonds. The summed E-state index contributed by atoms with van der Waals surface area (Å²) in [5.41, 5.74) is 0. The van der Waals surface area contributed by atoms with Crippen LogP contribution in [0.5, 0.6) is 0 Å². The Balaban J connectivity index is 2.02. The molecule has 0 spiro atoms. The van der Waals surface area contributed by atoms with Crippen LogP contribution in [0.4, 0.5) is 0 Å². The molecule has 0 saturated heterocycles. The average Bonchev–Trinajstić information content (AvgIpc) is 3.22. The van der Waals surface area contributed by atoms with Crippen molar-refractivity contribution in [2.24, 2.45) is 11.8 Å². The predicted molar refractivity (Wildman–Crippen MR) is 88.1 cm³/mol. The molecule has 1 N–H and O–H groups in total. The van der Waals surface area contributed by atoms with Gasteiger partial charge < -0.3 is 5.32 Å². The summed E-state index contributed by atoms with van der Waals surface area (Å²) in [6.45, 7) is 11.9. The van der Waals surface area contributed by atoms with Crippen LogP contribution in [-0.4, -0.2) is 36.1 Å². The molecule has 0 aromatic carbocycles. The van der Waals surface area contributed by atoms with Crippen LogP contribution < -0.4 is 5.32 Å². The van der Waals surface area contributed by atoms with Gasteiger partial charge in [0.2, 0.25) is 0 Å². The molecule has 0 aliphatic heterocycles. The van der Waals surface area contributed by atoms with Crippen molar-refractivity contribution in [2.45, 2.75) is 90.8 Å². The highest BCUT2D eigenvalue weighted by atomic mass is 15.2. The van der Waals surface area contributed by atoms with E-state index in [1.807, 2.05) is 0 Å². The maximum Gasteiger partial charge on any atom is 0.0254 e. The number of hydrogen-bond donors (Lipinski definition) is 1. The van der Waals surface area contributed by atoms with Crippen molar-refractivity contribution in [3.05, 3.63) is 0 Å². The van der Waals surface area contributed by atoms with Crippen LogP contribution in [0.3, 0.4) is 0 Å². The van der Waals surface area contributed by atoms with E-state index in [1.54, 1.807) is 0 Å². The lowest BCUT2D eigenvalue weighted by atomic mass is 9.79. The first-order valence-electron chi connectivity index (χ1n) is 9.14. The van der Waals surface area contributed by atoms with Gasteiger partial charge in [-0.3, -0.25) is 4.90 Å². The fraction of sp³-hybridized carbons (Fsp3) is 1.00. The van der Waals surface area contributed by atoms with Crippen LogP contribution in [0.15, 0.2) is 0 Å². The van der Waals surface area contributed by atoms with Crippen molar-refractivity contribution >= 4 is 0 Å². The maximum atomic E-state index is 3.78. The molecule has 0 aromatic heterocycles. The Morgan fingerprint density at radius 1 is 1.05 bits per heavy atom. The molecular weight excluding hydrogens is 244 g/mol. The lowest BCUT2D eigenvalue weighted by Crippen LogP contribution is -2.55. The predicted octanol–water partition coefficient (Wildman–Crippen LogP) is 4.05. The van der Waals surface area contributed by atoms with Crippen LogP contribution in [-0.2, 0) is 0 Å². The fourth-order valence-corrected chi connectivity index (χ4v) is 4.10. The second-order valence-electron chi connectivity index (χ2n) is 7.43. The van der Waals surface area contributed by atoms with E-state index < -0.39 is 0 Å². The van der Waals surface area contributed by atoms with Gasteiger partial charge >= 0.3 is 0 Å². The van der Waals surface area contributed by atoms with Crippen molar-refractivity contribution in [3.63, 3.8) is 0 Å². The summed E-state index contributed by atoms with van der Waals surface area (Å²) in [7, 11) is 0. The molecule has 2 heteroatoms. The quantitative estimate of drug-likeness (QED) is 0.721. The molecule has 0 aromatic rings. The molecular formula is C18H36N2. The van der Waals surface area contributed by atoms with E-state index in [2.05, 4.69) is 37.9 Å². The minimum Gasteiger partial charge on any atom is -0.313 e. The number of hydrogen-bond acceptors (Lipinski definition) is 2. The summed E-state index contributed by atoms with van der Waals surface area (Å²) in [4.78, 5) is 2.84. The number of nitrogens with one attached hydrogen (secondary N) is 1. The Kier molecular flexibility index (Phi) is 6.35. The lowest BCUT2D eigenvalue weighted by molar-refractivity contribution is 0.0654. The third kappa shape index (κ3) is 4.46. The van der Waals surface area contributed by atoms with E-state index >= 15 is 0 Å². The van der Waals surface area contributed by atoms with Gasteiger partial charge in [0, 0.05) is 24.7 Å². The Morgan fingerprint density at radius 2 is 1.75 bits per heavy atom. The Bertz CT molecular complexity index is 273. The highest BCUT2D eigenvalue weighted by Gasteiger charge is 2.37. The number of likely N-dealkylation sites (N-methyl/N-ethyl adjacent to an activating group) is 1. The molecule has 2 rings (SSSR count). The Labute approximate surface area is 126 Å². The standard InChI is InChI=1S/C18H36N2/c1-5-7-15-10-11-17(19-6-2)18(12-15)20(14(3)4)13-16-8-9-16/h14-19H,5-13H2,1-4H3. The maximum absolute atomic E-state index is 3.78. The van der Waals surface area contributed by atoms with Crippen molar-refractivity contribution in [1.82, 2.24) is 10.2 Å². The second-order valence-corrected chi connectivity index (χ2v) is 7.43. The first kappa shape index (κ1) is 16.3. The first-order valence-corrected chi connectivity index (χ1v) is 9.14. The van der Waals surface area contributed by atoms with Crippen LogP contribution in [0.25, 0.3) is 0 Å². The number of nitrogens with zero attached hydrogens (tertiary/aromatic N) is 1. The van der Waals surface area contributed by atoms with Gasteiger partial charge in [-0.1, -0.05) is 26.7 Å². The SMILES string of the molecule is CCCC1CCC(NCC)C(N(CC2CC2)C(C)C)C1. The molecule has 3 unspecified atom stereocenters. The van der Waals surface area contributed by atoms with Crippen LogP contribution in [0.2, 0.25) is 0 Å².